The smallest absolute Gasteiger partial charge is 0.0994 e. The maximum atomic E-state index is 8.80. The van der Waals surface area contributed by atoms with Crippen LogP contribution in [0.15, 0.2) is 23.1 Å². The zero-order valence-corrected chi connectivity index (χ0v) is 8.78. The molecular weight excluding hydrogens is 202 g/mol. The van der Waals surface area contributed by atoms with Crippen LogP contribution < -0.4 is 0 Å². The molecule has 0 unspecified atom stereocenters. The molecule has 3 heteroatoms. The zero-order chi connectivity index (χ0) is 9.68. The number of halogens is 1. The lowest BCUT2D eigenvalue weighted by Gasteiger charge is -2.02. The highest BCUT2D eigenvalue weighted by Crippen LogP contribution is 2.15. The molecule has 1 rings (SSSR count). The third-order valence-corrected chi connectivity index (χ3v) is 2.33. The SMILES string of the molecule is N#Cc1ccc(S)cc1CCCCl. The number of alkyl halides is 1. The summed E-state index contributed by atoms with van der Waals surface area (Å²) < 4.78 is 0. The minimum atomic E-state index is 0.627. The number of nitrogens with zero attached hydrogens (tertiary/aromatic N) is 1. The van der Waals surface area contributed by atoms with Crippen molar-refractivity contribution >= 4 is 24.2 Å². The van der Waals surface area contributed by atoms with Gasteiger partial charge in [-0.15, -0.1) is 24.2 Å². The molecule has 0 fully saturated rings. The van der Waals surface area contributed by atoms with Crippen molar-refractivity contribution in [3.63, 3.8) is 0 Å². The van der Waals surface area contributed by atoms with Gasteiger partial charge in [-0.3, -0.25) is 0 Å². The van der Waals surface area contributed by atoms with Gasteiger partial charge in [-0.1, -0.05) is 0 Å². The summed E-state index contributed by atoms with van der Waals surface area (Å²) in [4.78, 5) is 0.892. The molecule has 0 spiro atoms. The van der Waals surface area contributed by atoms with Gasteiger partial charge < -0.3 is 0 Å². The molecule has 0 saturated heterocycles. The van der Waals surface area contributed by atoms with Gasteiger partial charge in [-0.25, -0.2) is 0 Å². The molecular formula is C10H10ClNS. The van der Waals surface area contributed by atoms with E-state index in [2.05, 4.69) is 18.7 Å². The summed E-state index contributed by atoms with van der Waals surface area (Å²) in [6.45, 7) is 0. The van der Waals surface area contributed by atoms with Crippen molar-refractivity contribution in [2.75, 3.05) is 5.88 Å². The lowest BCUT2D eigenvalue weighted by atomic mass is 10.0. The molecule has 0 amide bonds. The average molecular weight is 212 g/mol. The number of nitriles is 1. The van der Waals surface area contributed by atoms with E-state index in [9.17, 15) is 0 Å². The Morgan fingerprint density at radius 2 is 2.23 bits per heavy atom. The molecule has 0 aliphatic heterocycles. The first-order valence-electron chi connectivity index (χ1n) is 4.06. The monoisotopic (exact) mass is 211 g/mol. The van der Waals surface area contributed by atoms with Crippen molar-refractivity contribution < 1.29 is 0 Å². The summed E-state index contributed by atoms with van der Waals surface area (Å²) in [5, 5.41) is 8.80. The van der Waals surface area contributed by atoms with E-state index >= 15 is 0 Å². The summed E-state index contributed by atoms with van der Waals surface area (Å²) in [6.07, 6.45) is 1.74. The predicted octanol–water partition coefficient (Wildman–Crippen LogP) is 3.02. The molecule has 0 aliphatic carbocycles. The molecule has 0 saturated carbocycles. The van der Waals surface area contributed by atoms with E-state index in [1.54, 1.807) is 6.07 Å². The molecule has 0 radical (unpaired) electrons. The Balaban J connectivity index is 2.89. The second-order valence-corrected chi connectivity index (χ2v) is 3.64. The summed E-state index contributed by atoms with van der Waals surface area (Å²) >= 11 is 9.80. The standard InChI is InChI=1S/C10H10ClNS/c11-5-1-2-8-6-10(13)4-3-9(8)7-12/h3-4,6,13H,1-2,5H2. The van der Waals surface area contributed by atoms with Gasteiger partial charge in [0.15, 0.2) is 0 Å². The van der Waals surface area contributed by atoms with Crippen LogP contribution in [0.25, 0.3) is 0 Å². The van der Waals surface area contributed by atoms with E-state index in [4.69, 9.17) is 16.9 Å². The van der Waals surface area contributed by atoms with Gasteiger partial charge in [-0.2, -0.15) is 5.26 Å². The van der Waals surface area contributed by atoms with Gasteiger partial charge >= 0.3 is 0 Å². The van der Waals surface area contributed by atoms with E-state index in [-0.39, 0.29) is 0 Å². The maximum absolute atomic E-state index is 8.80. The molecule has 1 nitrogen and oxygen atoms in total. The molecule has 0 atom stereocenters. The van der Waals surface area contributed by atoms with Crippen LogP contribution in [0.5, 0.6) is 0 Å². The van der Waals surface area contributed by atoms with Crippen molar-refractivity contribution in [2.45, 2.75) is 17.7 Å². The fraction of sp³-hybridized carbons (Fsp3) is 0.300. The lowest BCUT2D eigenvalue weighted by molar-refractivity contribution is 0.921. The Morgan fingerprint density at radius 1 is 1.46 bits per heavy atom. The number of thiol groups is 1. The second-order valence-electron chi connectivity index (χ2n) is 2.75. The fourth-order valence-corrected chi connectivity index (χ4v) is 1.52. The molecule has 1 aromatic carbocycles. The van der Waals surface area contributed by atoms with Gasteiger partial charge in [-0.05, 0) is 36.6 Å². The number of benzene rings is 1. The summed E-state index contributed by atoms with van der Waals surface area (Å²) in [5.74, 6) is 0.627. The van der Waals surface area contributed by atoms with E-state index < -0.39 is 0 Å². The molecule has 1 aromatic rings. The highest BCUT2D eigenvalue weighted by atomic mass is 35.5. The molecule has 0 bridgehead atoms. The topological polar surface area (TPSA) is 23.8 Å². The van der Waals surface area contributed by atoms with Crippen LogP contribution >= 0.6 is 24.2 Å². The Kier molecular flexibility index (Phi) is 4.14. The minimum absolute atomic E-state index is 0.627. The highest BCUT2D eigenvalue weighted by Gasteiger charge is 2.01. The summed E-state index contributed by atoms with van der Waals surface area (Å²) in [7, 11) is 0. The zero-order valence-electron chi connectivity index (χ0n) is 7.13. The van der Waals surface area contributed by atoms with Crippen LogP contribution in [0, 0.1) is 11.3 Å². The first-order chi connectivity index (χ1) is 6.27. The van der Waals surface area contributed by atoms with E-state index in [0.29, 0.717) is 5.88 Å². The first kappa shape index (κ1) is 10.4. The van der Waals surface area contributed by atoms with Crippen molar-refractivity contribution in [3.05, 3.63) is 29.3 Å². The quantitative estimate of drug-likeness (QED) is 0.603. The van der Waals surface area contributed by atoms with E-state index in [1.165, 1.54) is 0 Å². The third-order valence-electron chi connectivity index (χ3n) is 1.79. The normalized spacial score (nSPS) is 9.62. The second kappa shape index (κ2) is 5.16. The van der Waals surface area contributed by atoms with Crippen LogP contribution in [-0.4, -0.2) is 5.88 Å². The Hall–Kier alpha value is -0.650. The number of rotatable bonds is 3. The first-order valence-corrected chi connectivity index (χ1v) is 5.04. The van der Waals surface area contributed by atoms with Gasteiger partial charge in [0.1, 0.15) is 0 Å². The number of aryl methyl sites for hydroxylation is 1. The van der Waals surface area contributed by atoms with Gasteiger partial charge in [0.2, 0.25) is 0 Å². The third kappa shape index (κ3) is 2.95. The van der Waals surface area contributed by atoms with Crippen LogP contribution in [0.2, 0.25) is 0 Å². The summed E-state index contributed by atoms with van der Waals surface area (Å²) in [6, 6.07) is 7.70. The molecule has 68 valence electrons. The predicted molar refractivity (Wildman–Crippen MR) is 57.5 cm³/mol. The van der Waals surface area contributed by atoms with Crippen LogP contribution in [-0.2, 0) is 6.42 Å². The molecule has 0 heterocycles. The van der Waals surface area contributed by atoms with Crippen molar-refractivity contribution in [1.82, 2.24) is 0 Å². The molecule has 13 heavy (non-hydrogen) atoms. The summed E-state index contributed by atoms with van der Waals surface area (Å²) in [5.41, 5.74) is 1.76. The highest BCUT2D eigenvalue weighted by molar-refractivity contribution is 7.80. The van der Waals surface area contributed by atoms with Crippen molar-refractivity contribution in [3.8, 4) is 6.07 Å². The number of hydrogen-bond donors (Lipinski definition) is 1. The minimum Gasteiger partial charge on any atom is -0.192 e. The maximum Gasteiger partial charge on any atom is 0.0994 e. The van der Waals surface area contributed by atoms with Gasteiger partial charge in [0.25, 0.3) is 0 Å². The Bertz CT molecular complexity index is 330. The fourth-order valence-electron chi connectivity index (χ4n) is 1.15. The van der Waals surface area contributed by atoms with Gasteiger partial charge in [0, 0.05) is 10.8 Å². The van der Waals surface area contributed by atoms with E-state index in [0.717, 1.165) is 28.9 Å². The van der Waals surface area contributed by atoms with Crippen molar-refractivity contribution in [2.24, 2.45) is 0 Å². The van der Waals surface area contributed by atoms with Gasteiger partial charge in [0.05, 0.1) is 11.6 Å². The Labute approximate surface area is 88.7 Å². The Morgan fingerprint density at radius 3 is 2.85 bits per heavy atom. The molecule has 0 N–H and O–H groups in total. The van der Waals surface area contributed by atoms with E-state index in [1.807, 2.05) is 12.1 Å². The molecule has 0 aliphatic rings. The molecule has 0 aromatic heterocycles. The van der Waals surface area contributed by atoms with Crippen LogP contribution in [0.1, 0.15) is 17.5 Å². The lowest BCUT2D eigenvalue weighted by Crippen LogP contribution is -1.91. The number of hydrogen-bond acceptors (Lipinski definition) is 2. The largest absolute Gasteiger partial charge is 0.192 e. The van der Waals surface area contributed by atoms with Crippen molar-refractivity contribution in [1.29, 1.82) is 5.26 Å². The average Bonchev–Trinajstić information content (AvgIpc) is 2.15. The van der Waals surface area contributed by atoms with Crippen LogP contribution in [0.3, 0.4) is 0 Å². The van der Waals surface area contributed by atoms with Crippen LogP contribution in [0.4, 0.5) is 0 Å².